The largest absolute Gasteiger partial charge is 0.495 e. The van der Waals surface area contributed by atoms with Gasteiger partial charge in [-0.15, -0.1) is 0 Å². The molecule has 5 rings (SSSR count). The lowest BCUT2D eigenvalue weighted by Gasteiger charge is -2.28. The van der Waals surface area contributed by atoms with E-state index in [-0.39, 0.29) is 15.7 Å². The molecule has 4 aromatic rings. The Balaban J connectivity index is 1.41. The van der Waals surface area contributed by atoms with Crippen molar-refractivity contribution in [2.45, 2.75) is 54.8 Å². The number of aryl methyl sites for hydroxylation is 1. The Morgan fingerprint density at radius 2 is 1.80 bits per heavy atom. The number of carbonyl (C=O) groups excluding carboxylic acids is 1. The highest BCUT2D eigenvalue weighted by Crippen LogP contribution is 2.39. The van der Waals surface area contributed by atoms with Gasteiger partial charge in [-0.25, -0.2) is 32.3 Å². The number of hydrazine groups is 1. The monoisotopic (exact) mass is 705 g/mol. The highest BCUT2D eigenvalue weighted by Gasteiger charge is 2.30. The third kappa shape index (κ3) is 7.31. The van der Waals surface area contributed by atoms with Crippen molar-refractivity contribution in [3.8, 4) is 11.4 Å². The van der Waals surface area contributed by atoms with Crippen LogP contribution in [0.5, 0.6) is 5.75 Å². The van der Waals surface area contributed by atoms with Gasteiger partial charge in [-0.05, 0) is 78.9 Å². The van der Waals surface area contributed by atoms with Crippen LogP contribution in [0.25, 0.3) is 5.69 Å². The van der Waals surface area contributed by atoms with Crippen LogP contribution in [0.15, 0.2) is 70.8 Å². The van der Waals surface area contributed by atoms with Crippen molar-refractivity contribution in [2.75, 3.05) is 20.2 Å². The molecule has 46 heavy (non-hydrogen) atoms. The number of sulfonamides is 1. The van der Waals surface area contributed by atoms with Crippen molar-refractivity contribution >= 4 is 51.0 Å². The molecule has 14 heteroatoms. The zero-order valence-corrected chi connectivity index (χ0v) is 28.9. The number of urea groups is 1. The molecule has 0 bridgehead atoms. The van der Waals surface area contributed by atoms with Gasteiger partial charge in [0, 0.05) is 35.0 Å². The van der Waals surface area contributed by atoms with Gasteiger partial charge in [0.2, 0.25) is 0 Å². The number of thioether (sulfide) groups is 1. The molecule has 0 spiro atoms. The lowest BCUT2D eigenvalue weighted by atomic mass is 9.81. The van der Waals surface area contributed by atoms with Crippen molar-refractivity contribution in [3.05, 3.63) is 99.0 Å². The highest BCUT2D eigenvalue weighted by molar-refractivity contribution is 7.98. The minimum absolute atomic E-state index is 0.131. The highest BCUT2D eigenvalue weighted by atomic mass is 35.5. The van der Waals surface area contributed by atoms with Gasteiger partial charge in [-0.1, -0.05) is 60.9 Å². The molecule has 2 N–H and O–H groups in total. The van der Waals surface area contributed by atoms with Crippen molar-refractivity contribution in [2.24, 2.45) is 0 Å². The summed E-state index contributed by atoms with van der Waals surface area (Å²) in [5.74, 6) is 0.607. The number of hydrogen-bond acceptors (Lipinski definition) is 7. The Morgan fingerprint density at radius 3 is 2.46 bits per heavy atom. The molecular formula is C32H34Cl2FN5O4S2. The molecule has 1 fully saturated rings. The number of carbonyl (C=O) groups is 1. The number of hydrogen-bond donors (Lipinski definition) is 2. The van der Waals surface area contributed by atoms with E-state index in [1.165, 1.54) is 30.0 Å². The Kier molecular flexibility index (Phi) is 10.2. The number of aromatic nitrogens is 2. The number of ether oxygens (including phenoxy) is 1. The molecule has 0 unspecified atom stereocenters. The number of halogens is 3. The molecule has 1 aliphatic heterocycles. The van der Waals surface area contributed by atoms with E-state index in [4.69, 9.17) is 32.9 Å². The normalized spacial score (nSPS) is 14.0. The predicted molar refractivity (Wildman–Crippen MR) is 179 cm³/mol. The fourth-order valence-electron chi connectivity index (χ4n) is 5.23. The van der Waals surface area contributed by atoms with E-state index in [9.17, 15) is 17.6 Å². The third-order valence-electron chi connectivity index (χ3n) is 7.93. The van der Waals surface area contributed by atoms with E-state index in [0.717, 1.165) is 29.8 Å². The van der Waals surface area contributed by atoms with Crippen LogP contribution in [-0.2, 0) is 21.2 Å². The summed E-state index contributed by atoms with van der Waals surface area (Å²) in [6.45, 7) is 7.15. The van der Waals surface area contributed by atoms with Crippen LogP contribution in [-0.4, -0.2) is 49.2 Å². The number of amides is 2. The molecule has 3 aromatic carbocycles. The van der Waals surface area contributed by atoms with Crippen LogP contribution < -0.4 is 14.9 Å². The van der Waals surface area contributed by atoms with E-state index in [1.807, 2.05) is 27.5 Å². The fraction of sp³-hybridized carbons (Fsp3) is 0.312. The molecule has 0 atom stereocenters. The fourth-order valence-corrected chi connectivity index (χ4v) is 7.80. The smallest absolute Gasteiger partial charge is 0.343 e. The standard InChI is InChI=1S/C32H34Cl2FN5O4S2/c1-20-15-23(9-11-27(20)35)40-29(32(2,3)22-8-12-28(44-4)26(34)16-22)18-36-31(40)45-19-21-7-10-24(17-25(21)33)46(42,43)38-30(41)37-39-13-5-6-14-39/h7-12,15-18H,5-6,13-14,19H2,1-4H3,(H2,37,38,41). The molecule has 0 aliphatic carbocycles. The maximum absolute atomic E-state index is 14.3. The van der Waals surface area contributed by atoms with Crippen LogP contribution in [0.2, 0.25) is 10.0 Å². The summed E-state index contributed by atoms with van der Waals surface area (Å²) < 4.78 is 49.4. The zero-order chi connectivity index (χ0) is 33.2. The van der Waals surface area contributed by atoms with Gasteiger partial charge < -0.3 is 4.74 Å². The molecule has 0 saturated carbocycles. The Bertz CT molecular complexity index is 1880. The average Bonchev–Trinajstić information content (AvgIpc) is 3.68. The van der Waals surface area contributed by atoms with E-state index >= 15 is 0 Å². The van der Waals surface area contributed by atoms with Crippen LogP contribution in [0.3, 0.4) is 0 Å². The summed E-state index contributed by atoms with van der Waals surface area (Å²) >= 11 is 14.4. The van der Waals surface area contributed by atoms with Crippen LogP contribution in [0.1, 0.15) is 49.1 Å². The second-order valence-electron chi connectivity index (χ2n) is 11.5. The van der Waals surface area contributed by atoms with Crippen molar-refractivity contribution in [3.63, 3.8) is 0 Å². The number of nitrogens with one attached hydrogen (secondary N) is 2. The number of rotatable bonds is 10. The van der Waals surface area contributed by atoms with Crippen LogP contribution >= 0.6 is 35.0 Å². The van der Waals surface area contributed by atoms with Crippen LogP contribution in [0.4, 0.5) is 9.18 Å². The Labute approximate surface area is 282 Å². The summed E-state index contributed by atoms with van der Waals surface area (Å²) in [6, 6.07) is 14.0. The topological polar surface area (TPSA) is 106 Å². The lowest BCUT2D eigenvalue weighted by Crippen LogP contribution is -2.47. The first-order valence-electron chi connectivity index (χ1n) is 14.5. The quantitative estimate of drug-likeness (QED) is 0.168. The first-order chi connectivity index (χ1) is 21.8. The van der Waals surface area contributed by atoms with E-state index < -0.39 is 21.5 Å². The maximum Gasteiger partial charge on any atom is 0.343 e. The SMILES string of the molecule is COc1ccc(C(C)(C)c2cnc(SCc3ccc(S(=O)(=O)NC(=O)NN4CCCC4)cc3Cl)n2-c2ccc(F)c(C)c2)cc1Cl. The molecule has 9 nitrogen and oxygen atoms in total. The molecule has 0 radical (unpaired) electrons. The number of imidazole rings is 1. The zero-order valence-electron chi connectivity index (χ0n) is 25.7. The number of nitrogens with zero attached hydrogens (tertiary/aromatic N) is 3. The second kappa shape index (κ2) is 13.8. The summed E-state index contributed by atoms with van der Waals surface area (Å²) in [6.07, 6.45) is 3.65. The van der Waals surface area contributed by atoms with Crippen molar-refractivity contribution < 1.29 is 22.3 Å². The summed E-state index contributed by atoms with van der Waals surface area (Å²) in [7, 11) is -2.59. The van der Waals surface area contributed by atoms with Gasteiger partial charge in [0.15, 0.2) is 5.16 Å². The summed E-state index contributed by atoms with van der Waals surface area (Å²) in [4.78, 5) is 16.9. The summed E-state index contributed by atoms with van der Waals surface area (Å²) in [5, 5.41) is 3.00. The Hall–Kier alpha value is -3.29. The van der Waals surface area contributed by atoms with Gasteiger partial charge in [-0.2, -0.15) is 0 Å². The molecule has 244 valence electrons. The molecule has 1 aliphatic rings. The van der Waals surface area contributed by atoms with Crippen molar-refractivity contribution in [1.82, 2.24) is 24.7 Å². The Morgan fingerprint density at radius 1 is 1.07 bits per heavy atom. The summed E-state index contributed by atoms with van der Waals surface area (Å²) in [5.41, 5.74) is 5.62. The minimum atomic E-state index is -4.15. The minimum Gasteiger partial charge on any atom is -0.495 e. The van der Waals surface area contributed by atoms with Crippen LogP contribution in [0, 0.1) is 12.7 Å². The first kappa shape index (κ1) is 34.1. The van der Waals surface area contributed by atoms with E-state index in [1.54, 1.807) is 43.4 Å². The van der Waals surface area contributed by atoms with Crippen molar-refractivity contribution in [1.29, 1.82) is 0 Å². The molecule has 2 amide bonds. The second-order valence-corrected chi connectivity index (χ2v) is 14.9. The van der Waals surface area contributed by atoms with Gasteiger partial charge in [0.25, 0.3) is 10.0 Å². The maximum atomic E-state index is 14.3. The first-order valence-corrected chi connectivity index (χ1v) is 17.7. The number of methoxy groups -OCH3 is 1. The van der Waals surface area contributed by atoms with Gasteiger partial charge in [0.1, 0.15) is 11.6 Å². The number of benzene rings is 3. The molecule has 1 saturated heterocycles. The van der Waals surface area contributed by atoms with Gasteiger partial charge in [-0.3, -0.25) is 9.99 Å². The lowest BCUT2D eigenvalue weighted by molar-refractivity contribution is 0.202. The van der Waals surface area contributed by atoms with E-state index in [2.05, 4.69) is 19.3 Å². The third-order valence-corrected chi connectivity index (χ3v) is 10.9. The molecule has 2 heterocycles. The average molecular weight is 707 g/mol. The molecular weight excluding hydrogens is 672 g/mol. The van der Waals surface area contributed by atoms with E-state index in [0.29, 0.717) is 45.9 Å². The van der Waals surface area contributed by atoms with Gasteiger partial charge in [0.05, 0.1) is 28.9 Å². The molecule has 1 aromatic heterocycles. The predicted octanol–water partition coefficient (Wildman–Crippen LogP) is 7.25. The van der Waals surface area contributed by atoms with Gasteiger partial charge >= 0.3 is 6.03 Å².